The quantitative estimate of drug-likeness (QED) is 0.679. The zero-order valence-corrected chi connectivity index (χ0v) is 14.4. The molecule has 2 aromatic rings. The minimum Gasteiger partial charge on any atom is -0.443 e. The molecule has 6 heteroatoms. The van der Waals surface area contributed by atoms with Crippen LogP contribution < -0.4 is 10.6 Å². The highest BCUT2D eigenvalue weighted by molar-refractivity contribution is 5.94. The topological polar surface area (TPSA) is 87.4 Å². The lowest BCUT2D eigenvalue weighted by atomic mass is 9.94. The van der Waals surface area contributed by atoms with Crippen LogP contribution in [-0.2, 0) is 12.0 Å². The molecule has 0 aliphatic carbocycles. The van der Waals surface area contributed by atoms with Gasteiger partial charge in [0.2, 0.25) is 5.89 Å². The number of carbonyl (C=O) groups is 1. The molecule has 0 bridgehead atoms. The van der Waals surface area contributed by atoms with E-state index in [1.54, 1.807) is 18.3 Å². The van der Waals surface area contributed by atoms with Gasteiger partial charge < -0.3 is 20.2 Å². The van der Waals surface area contributed by atoms with Crippen molar-refractivity contribution in [2.24, 2.45) is 0 Å². The fraction of sp³-hybridized carbons (Fsp3) is 0.444. The SMILES string of the molecule is CC(C)(C)c1cnc(CNc2ccc(C(=O)NCCCO)cc2)o1. The minimum absolute atomic E-state index is 0.0592. The standard InChI is InChI=1S/C18H25N3O3/c1-18(2,3)15-11-21-16(24-15)12-20-14-7-5-13(6-8-14)17(23)19-9-4-10-22/h5-8,11,20,22H,4,9-10,12H2,1-3H3,(H,19,23). The predicted octanol–water partition coefficient (Wildman–Crippen LogP) is 2.70. The van der Waals surface area contributed by atoms with Crippen LogP contribution in [0.25, 0.3) is 0 Å². The highest BCUT2D eigenvalue weighted by atomic mass is 16.4. The third-order valence-electron chi connectivity index (χ3n) is 3.50. The Bertz CT molecular complexity index is 657. The number of nitrogens with one attached hydrogen (secondary N) is 2. The van der Waals surface area contributed by atoms with Crippen molar-refractivity contribution in [1.29, 1.82) is 0 Å². The van der Waals surface area contributed by atoms with Crippen LogP contribution >= 0.6 is 0 Å². The molecule has 6 nitrogen and oxygen atoms in total. The summed E-state index contributed by atoms with van der Waals surface area (Å²) in [5, 5.41) is 14.7. The number of hydrogen-bond donors (Lipinski definition) is 3. The normalized spacial score (nSPS) is 11.3. The third-order valence-corrected chi connectivity index (χ3v) is 3.50. The second kappa shape index (κ2) is 7.97. The van der Waals surface area contributed by atoms with Gasteiger partial charge in [0, 0.05) is 29.8 Å². The van der Waals surface area contributed by atoms with Crippen LogP contribution in [-0.4, -0.2) is 29.1 Å². The first-order valence-electron chi connectivity index (χ1n) is 8.08. The maximum Gasteiger partial charge on any atom is 0.251 e. The van der Waals surface area contributed by atoms with Gasteiger partial charge in [0.15, 0.2) is 0 Å². The van der Waals surface area contributed by atoms with E-state index < -0.39 is 0 Å². The highest BCUT2D eigenvalue weighted by Crippen LogP contribution is 2.23. The average Bonchev–Trinajstić information content (AvgIpc) is 3.03. The van der Waals surface area contributed by atoms with E-state index in [9.17, 15) is 4.79 Å². The molecule has 0 aliphatic heterocycles. The second-order valence-corrected chi connectivity index (χ2v) is 6.63. The van der Waals surface area contributed by atoms with E-state index in [0.29, 0.717) is 31.0 Å². The van der Waals surface area contributed by atoms with Crippen molar-refractivity contribution in [3.8, 4) is 0 Å². The third kappa shape index (κ3) is 5.09. The number of carbonyl (C=O) groups excluding carboxylic acids is 1. The Balaban J connectivity index is 1.87. The second-order valence-electron chi connectivity index (χ2n) is 6.63. The number of aliphatic hydroxyl groups excluding tert-OH is 1. The molecular weight excluding hydrogens is 306 g/mol. The molecule has 1 aromatic heterocycles. The zero-order chi connectivity index (χ0) is 17.6. The largest absolute Gasteiger partial charge is 0.443 e. The molecule has 0 saturated heterocycles. The van der Waals surface area contributed by atoms with Gasteiger partial charge >= 0.3 is 0 Å². The van der Waals surface area contributed by atoms with Crippen molar-refractivity contribution < 1.29 is 14.3 Å². The minimum atomic E-state index is -0.141. The van der Waals surface area contributed by atoms with Crippen molar-refractivity contribution in [1.82, 2.24) is 10.3 Å². The molecule has 0 unspecified atom stereocenters. The summed E-state index contributed by atoms with van der Waals surface area (Å²) in [7, 11) is 0. The molecule has 0 spiro atoms. The number of aromatic nitrogens is 1. The van der Waals surface area contributed by atoms with E-state index >= 15 is 0 Å². The summed E-state index contributed by atoms with van der Waals surface area (Å²) < 4.78 is 5.73. The van der Waals surface area contributed by atoms with Crippen LogP contribution in [0.4, 0.5) is 5.69 Å². The molecule has 0 fully saturated rings. The molecular formula is C18H25N3O3. The first kappa shape index (κ1) is 18.0. The van der Waals surface area contributed by atoms with Gasteiger partial charge in [0.1, 0.15) is 5.76 Å². The summed E-state index contributed by atoms with van der Waals surface area (Å²) in [6, 6.07) is 7.20. The molecule has 24 heavy (non-hydrogen) atoms. The van der Waals surface area contributed by atoms with Gasteiger partial charge in [-0.1, -0.05) is 20.8 Å². The van der Waals surface area contributed by atoms with Gasteiger partial charge in [-0.3, -0.25) is 4.79 Å². The maximum atomic E-state index is 11.9. The smallest absolute Gasteiger partial charge is 0.251 e. The van der Waals surface area contributed by atoms with E-state index in [0.717, 1.165) is 11.4 Å². The number of hydrogen-bond acceptors (Lipinski definition) is 5. The fourth-order valence-electron chi connectivity index (χ4n) is 2.04. The Morgan fingerprint density at radius 1 is 1.25 bits per heavy atom. The van der Waals surface area contributed by atoms with Crippen LogP contribution in [0.15, 0.2) is 34.9 Å². The van der Waals surface area contributed by atoms with Crippen molar-refractivity contribution >= 4 is 11.6 Å². The average molecular weight is 331 g/mol. The molecule has 1 amide bonds. The fourth-order valence-corrected chi connectivity index (χ4v) is 2.04. The van der Waals surface area contributed by atoms with Gasteiger partial charge in [-0.15, -0.1) is 0 Å². The Morgan fingerprint density at radius 2 is 1.96 bits per heavy atom. The van der Waals surface area contributed by atoms with Crippen LogP contribution in [0.1, 0.15) is 49.2 Å². The number of oxazole rings is 1. The number of rotatable bonds is 7. The van der Waals surface area contributed by atoms with E-state index in [1.807, 2.05) is 12.1 Å². The zero-order valence-electron chi connectivity index (χ0n) is 14.4. The molecule has 0 saturated carbocycles. The molecule has 2 rings (SSSR count). The maximum absolute atomic E-state index is 11.9. The van der Waals surface area contributed by atoms with E-state index in [2.05, 4.69) is 36.4 Å². The first-order valence-corrected chi connectivity index (χ1v) is 8.08. The van der Waals surface area contributed by atoms with Crippen LogP contribution in [0, 0.1) is 0 Å². The van der Waals surface area contributed by atoms with Gasteiger partial charge in [0.25, 0.3) is 5.91 Å². The van der Waals surface area contributed by atoms with E-state index in [-0.39, 0.29) is 17.9 Å². The summed E-state index contributed by atoms with van der Waals surface area (Å²) in [5.41, 5.74) is 1.41. The Morgan fingerprint density at radius 3 is 2.54 bits per heavy atom. The summed E-state index contributed by atoms with van der Waals surface area (Å²) in [4.78, 5) is 16.1. The summed E-state index contributed by atoms with van der Waals surface area (Å²) >= 11 is 0. The van der Waals surface area contributed by atoms with E-state index in [1.165, 1.54) is 0 Å². The molecule has 1 heterocycles. The monoisotopic (exact) mass is 331 g/mol. The number of aliphatic hydroxyl groups is 1. The summed E-state index contributed by atoms with van der Waals surface area (Å²) in [5.74, 6) is 1.34. The molecule has 0 aliphatic rings. The number of anilines is 1. The van der Waals surface area contributed by atoms with Crippen molar-refractivity contribution in [3.63, 3.8) is 0 Å². The van der Waals surface area contributed by atoms with Gasteiger partial charge in [-0.05, 0) is 30.7 Å². The number of benzene rings is 1. The molecule has 0 atom stereocenters. The first-order chi connectivity index (χ1) is 11.4. The van der Waals surface area contributed by atoms with Crippen LogP contribution in [0.3, 0.4) is 0 Å². The van der Waals surface area contributed by atoms with Crippen molar-refractivity contribution in [2.45, 2.75) is 39.2 Å². The van der Waals surface area contributed by atoms with Gasteiger partial charge in [-0.25, -0.2) is 4.98 Å². The van der Waals surface area contributed by atoms with Crippen LogP contribution in [0.2, 0.25) is 0 Å². The van der Waals surface area contributed by atoms with Gasteiger partial charge in [-0.2, -0.15) is 0 Å². The van der Waals surface area contributed by atoms with Gasteiger partial charge in [0.05, 0.1) is 12.7 Å². The summed E-state index contributed by atoms with van der Waals surface area (Å²) in [6.45, 7) is 7.26. The lowest BCUT2D eigenvalue weighted by Crippen LogP contribution is -2.24. The summed E-state index contributed by atoms with van der Waals surface area (Å²) in [6.07, 6.45) is 2.31. The van der Waals surface area contributed by atoms with Crippen LogP contribution in [0.5, 0.6) is 0 Å². The lowest BCUT2D eigenvalue weighted by molar-refractivity contribution is 0.0951. The lowest BCUT2D eigenvalue weighted by Gasteiger charge is -2.13. The molecule has 130 valence electrons. The molecule has 1 aromatic carbocycles. The number of nitrogens with zero attached hydrogens (tertiary/aromatic N) is 1. The Hall–Kier alpha value is -2.34. The van der Waals surface area contributed by atoms with Crippen molar-refractivity contribution in [2.75, 3.05) is 18.5 Å². The Labute approximate surface area is 142 Å². The van der Waals surface area contributed by atoms with E-state index in [4.69, 9.17) is 9.52 Å². The highest BCUT2D eigenvalue weighted by Gasteiger charge is 2.18. The predicted molar refractivity (Wildman–Crippen MR) is 93.0 cm³/mol. The van der Waals surface area contributed by atoms with Crippen molar-refractivity contribution in [3.05, 3.63) is 47.7 Å². The number of amides is 1. The molecule has 3 N–H and O–H groups in total. The Kier molecular flexibility index (Phi) is 5.98. The molecule has 0 radical (unpaired) electrons.